The third-order valence-corrected chi connectivity index (χ3v) is 2.85. The number of phenolic OH excluding ortho intramolecular Hbond substituents is 1. The fourth-order valence-corrected chi connectivity index (χ4v) is 2.03. The van der Waals surface area contributed by atoms with Gasteiger partial charge < -0.3 is 21.6 Å². The normalized spacial score (nSPS) is 9.69. The molecule has 0 amide bonds. The van der Waals surface area contributed by atoms with Crippen LogP contribution in [0.1, 0.15) is 25.8 Å². The van der Waals surface area contributed by atoms with E-state index in [9.17, 15) is 5.11 Å². The second kappa shape index (κ2) is 8.38. The molecule has 1 radical (unpaired) electrons. The van der Waals surface area contributed by atoms with Crippen molar-refractivity contribution in [1.82, 2.24) is 0 Å². The molecule has 0 bridgehead atoms. The molecular formula is C12H17O2SY-. The molecule has 0 aliphatic rings. The monoisotopic (exact) mass is 314 g/mol. The molecule has 2 nitrogen and oxygen atoms in total. The van der Waals surface area contributed by atoms with Gasteiger partial charge in [-0.1, -0.05) is 13.3 Å². The van der Waals surface area contributed by atoms with Gasteiger partial charge in [0.15, 0.2) is 11.5 Å². The Balaban J connectivity index is 0.00000225. The Morgan fingerprint density at radius 2 is 2.06 bits per heavy atom. The van der Waals surface area contributed by atoms with Gasteiger partial charge in [0.25, 0.3) is 0 Å². The molecule has 0 heterocycles. The van der Waals surface area contributed by atoms with Crippen molar-refractivity contribution in [2.24, 2.45) is 0 Å². The van der Waals surface area contributed by atoms with Crippen LogP contribution in [0.3, 0.4) is 0 Å². The number of aromatic hydroxyl groups is 1. The van der Waals surface area contributed by atoms with Gasteiger partial charge >= 0.3 is 0 Å². The predicted octanol–water partition coefficient (Wildman–Crippen LogP) is 3.62. The first-order chi connectivity index (χ1) is 7.24. The topological polar surface area (TPSA) is 29.5 Å². The van der Waals surface area contributed by atoms with Crippen molar-refractivity contribution in [3.8, 4) is 11.5 Å². The van der Waals surface area contributed by atoms with Gasteiger partial charge in [-0.15, -0.1) is 0 Å². The summed E-state index contributed by atoms with van der Waals surface area (Å²) in [6.07, 6.45) is 5.63. The van der Waals surface area contributed by atoms with E-state index in [0.717, 1.165) is 23.3 Å². The summed E-state index contributed by atoms with van der Waals surface area (Å²) in [4.78, 5) is 1.03. The molecule has 0 aliphatic heterocycles. The summed E-state index contributed by atoms with van der Waals surface area (Å²) in [5, 5.41) is 10.00. The van der Waals surface area contributed by atoms with Crippen molar-refractivity contribution in [1.29, 1.82) is 0 Å². The number of rotatable bonds is 5. The Bertz CT molecular complexity index is 329. The van der Waals surface area contributed by atoms with Crippen LogP contribution in [-0.4, -0.2) is 11.7 Å². The summed E-state index contributed by atoms with van der Waals surface area (Å²) in [5.74, 6) is 0.839. The zero-order chi connectivity index (χ0) is 11.3. The molecule has 0 unspecified atom stereocenters. The first-order valence-electron chi connectivity index (χ1n) is 5.14. The number of thioether (sulfide) groups is 1. The van der Waals surface area contributed by atoms with Gasteiger partial charge in [-0.2, -0.15) is 0 Å². The second-order valence-corrected chi connectivity index (χ2v) is 3.94. The van der Waals surface area contributed by atoms with E-state index in [1.807, 2.05) is 13.0 Å². The van der Waals surface area contributed by atoms with Crippen LogP contribution in [0.2, 0.25) is 0 Å². The average Bonchev–Trinajstić information content (AvgIpc) is 2.25. The van der Waals surface area contributed by atoms with Crippen LogP contribution in [0, 0.1) is 6.26 Å². The van der Waals surface area contributed by atoms with Crippen molar-refractivity contribution < 1.29 is 42.6 Å². The van der Waals surface area contributed by atoms with Crippen LogP contribution in [-0.2, 0) is 39.1 Å². The standard InChI is InChI=1S/C12H17O2S.Y/c1-4-6-9-11(15-3)8-7-10(12(9)13)14-5-2;/h7-8,13H,3-6H2,1-2H3;/q-1;. The molecule has 0 atom stereocenters. The van der Waals surface area contributed by atoms with Crippen LogP contribution in [0.25, 0.3) is 0 Å². The molecule has 1 rings (SSSR count). The van der Waals surface area contributed by atoms with Crippen molar-refractivity contribution in [2.45, 2.75) is 31.6 Å². The zero-order valence-electron chi connectivity index (χ0n) is 9.82. The molecule has 1 aromatic carbocycles. The van der Waals surface area contributed by atoms with E-state index in [-0.39, 0.29) is 38.5 Å². The molecule has 0 spiro atoms. The molecule has 0 fully saturated rings. The minimum Gasteiger partial charge on any atom is -0.504 e. The fourth-order valence-electron chi connectivity index (χ4n) is 1.50. The van der Waals surface area contributed by atoms with Gasteiger partial charge in [0.1, 0.15) is 0 Å². The molecule has 4 heteroatoms. The average molecular weight is 314 g/mol. The summed E-state index contributed by atoms with van der Waals surface area (Å²) < 4.78 is 5.34. The van der Waals surface area contributed by atoms with Crippen LogP contribution in [0.15, 0.2) is 17.0 Å². The first-order valence-corrected chi connectivity index (χ1v) is 6.12. The Morgan fingerprint density at radius 3 is 2.56 bits per heavy atom. The Morgan fingerprint density at radius 1 is 1.38 bits per heavy atom. The van der Waals surface area contributed by atoms with Crippen LogP contribution < -0.4 is 4.74 Å². The molecule has 0 aliphatic carbocycles. The smallest absolute Gasteiger partial charge is 0.161 e. The second-order valence-electron chi connectivity index (χ2n) is 3.22. The van der Waals surface area contributed by atoms with Gasteiger partial charge in [0.05, 0.1) is 6.61 Å². The quantitative estimate of drug-likeness (QED) is 0.665. The molecule has 0 saturated heterocycles. The molecule has 16 heavy (non-hydrogen) atoms. The van der Waals surface area contributed by atoms with Crippen molar-refractivity contribution in [3.63, 3.8) is 0 Å². The first kappa shape index (κ1) is 16.3. The van der Waals surface area contributed by atoms with Crippen LogP contribution in [0.4, 0.5) is 0 Å². The third-order valence-electron chi connectivity index (χ3n) is 2.16. The number of hydrogen-bond acceptors (Lipinski definition) is 3. The van der Waals surface area contributed by atoms with Crippen molar-refractivity contribution in [3.05, 3.63) is 24.0 Å². The van der Waals surface area contributed by atoms with E-state index in [1.165, 1.54) is 11.8 Å². The van der Waals surface area contributed by atoms with Gasteiger partial charge in [-0.05, 0) is 30.4 Å². The maximum Gasteiger partial charge on any atom is 0.161 e. The molecule has 1 N–H and O–H groups in total. The summed E-state index contributed by atoms with van der Waals surface area (Å²) >= 11 is 1.41. The fraction of sp³-hybridized carbons (Fsp3) is 0.417. The number of ether oxygens (including phenoxy) is 1. The van der Waals surface area contributed by atoms with Crippen LogP contribution >= 0.6 is 11.8 Å². The molecule has 1 aromatic rings. The zero-order valence-corrected chi connectivity index (χ0v) is 13.5. The summed E-state index contributed by atoms with van der Waals surface area (Å²) in [7, 11) is 0. The van der Waals surface area contributed by atoms with E-state index in [4.69, 9.17) is 4.74 Å². The van der Waals surface area contributed by atoms with Crippen molar-refractivity contribution in [2.75, 3.05) is 6.61 Å². The molecular weight excluding hydrogens is 297 g/mol. The van der Waals surface area contributed by atoms with Crippen molar-refractivity contribution >= 4 is 11.8 Å². The van der Waals surface area contributed by atoms with E-state index in [0.29, 0.717) is 12.4 Å². The number of phenols is 1. The van der Waals surface area contributed by atoms with E-state index < -0.39 is 0 Å². The maximum absolute atomic E-state index is 10.00. The predicted molar refractivity (Wildman–Crippen MR) is 64.5 cm³/mol. The van der Waals surface area contributed by atoms with Gasteiger partial charge in [-0.3, -0.25) is 6.26 Å². The Labute approximate surface area is 127 Å². The van der Waals surface area contributed by atoms with Crippen LogP contribution in [0.5, 0.6) is 11.5 Å². The minimum atomic E-state index is 0. The van der Waals surface area contributed by atoms with Gasteiger partial charge in [-0.25, -0.2) is 0 Å². The summed E-state index contributed by atoms with van der Waals surface area (Å²) in [6, 6.07) is 3.75. The number of hydrogen-bond donors (Lipinski definition) is 1. The summed E-state index contributed by atoms with van der Waals surface area (Å²) in [6.45, 7) is 4.56. The maximum atomic E-state index is 10.00. The molecule has 0 aromatic heterocycles. The van der Waals surface area contributed by atoms with E-state index >= 15 is 0 Å². The van der Waals surface area contributed by atoms with E-state index in [1.54, 1.807) is 6.07 Å². The molecule has 0 saturated carbocycles. The summed E-state index contributed by atoms with van der Waals surface area (Å²) in [5.41, 5.74) is 0.948. The number of benzene rings is 1. The minimum absolute atomic E-state index is 0. The molecule has 87 valence electrons. The Hall–Kier alpha value is 0.274. The largest absolute Gasteiger partial charge is 0.504 e. The van der Waals surface area contributed by atoms with Gasteiger partial charge in [0, 0.05) is 38.3 Å². The Kier molecular flexibility index (Phi) is 8.52. The van der Waals surface area contributed by atoms with Gasteiger partial charge in [0.2, 0.25) is 0 Å². The van der Waals surface area contributed by atoms with E-state index in [2.05, 4.69) is 13.2 Å². The SMILES string of the molecule is [CH2-]Sc1ccc(OCC)c(O)c1CCC.[Y]. The third kappa shape index (κ3) is 3.94.